The molecular weight excluding hydrogens is 413 g/mol. The number of nitrogens with zero attached hydrogens (tertiary/aromatic N) is 7. The monoisotopic (exact) mass is 441 g/mol. The molecule has 2 fully saturated rings. The molecule has 3 aromatic rings. The summed E-state index contributed by atoms with van der Waals surface area (Å²) in [7, 11) is 1.67. The molecule has 2 unspecified atom stereocenters. The Morgan fingerprint density at radius 3 is 2.88 bits per heavy atom. The summed E-state index contributed by atoms with van der Waals surface area (Å²) >= 11 is 0. The van der Waals surface area contributed by atoms with Crippen molar-refractivity contribution in [3.8, 4) is 5.69 Å². The molecule has 0 aromatic carbocycles. The molecule has 0 radical (unpaired) electrons. The second-order valence-corrected chi connectivity index (χ2v) is 8.24. The Morgan fingerprint density at radius 1 is 1.19 bits per heavy atom. The van der Waals surface area contributed by atoms with Crippen molar-refractivity contribution >= 4 is 16.9 Å². The van der Waals surface area contributed by atoms with Gasteiger partial charge in [0, 0.05) is 51.7 Å². The van der Waals surface area contributed by atoms with E-state index in [9.17, 15) is 0 Å². The van der Waals surface area contributed by atoms with Gasteiger partial charge in [0.1, 0.15) is 17.8 Å². The Kier molecular flexibility index (Phi) is 6.24. The van der Waals surface area contributed by atoms with Crippen LogP contribution in [0.3, 0.4) is 0 Å². The third kappa shape index (κ3) is 4.30. The predicted octanol–water partition coefficient (Wildman–Crippen LogP) is 1.82. The summed E-state index contributed by atoms with van der Waals surface area (Å²) in [5.74, 6) is 1.11. The van der Waals surface area contributed by atoms with Crippen LogP contribution in [-0.4, -0.2) is 95.5 Å². The molecule has 5 rings (SSSR count). The normalized spacial score (nSPS) is 22.5. The third-order valence-corrected chi connectivity index (χ3v) is 6.21. The molecule has 32 heavy (non-hydrogen) atoms. The first-order chi connectivity index (χ1) is 15.7. The van der Waals surface area contributed by atoms with E-state index in [0.29, 0.717) is 44.3 Å². The van der Waals surface area contributed by atoms with Crippen molar-refractivity contribution in [2.24, 2.45) is 0 Å². The Bertz CT molecular complexity index is 1060. The summed E-state index contributed by atoms with van der Waals surface area (Å²) in [6, 6.07) is 3.91. The number of aromatic nitrogens is 5. The second-order valence-electron chi connectivity index (χ2n) is 8.24. The fraction of sp³-hybridized carbons (Fsp3) is 0.545. The van der Waals surface area contributed by atoms with E-state index in [2.05, 4.69) is 24.9 Å². The van der Waals surface area contributed by atoms with Crippen LogP contribution in [0.4, 0.5) is 10.2 Å². The van der Waals surface area contributed by atoms with Crippen molar-refractivity contribution in [3.63, 3.8) is 0 Å². The zero-order valence-corrected chi connectivity index (χ0v) is 18.2. The standard InChI is InChI=1S/C22H28FN7O2/c1-31-9-6-28-5-3-18(19(23)15-28)21-25-13-16-14-26-30(22(16)27-21)17-2-4-24-20(12-17)29-7-10-32-11-8-29/h2,4,12-14,18-19H,3,5-11,15H2,1H3. The average molecular weight is 442 g/mol. The van der Waals surface area contributed by atoms with Crippen molar-refractivity contribution in [1.82, 2.24) is 29.6 Å². The Morgan fingerprint density at radius 2 is 2.06 bits per heavy atom. The molecular formula is C22H28FN7O2. The molecule has 2 atom stereocenters. The van der Waals surface area contributed by atoms with Crippen LogP contribution >= 0.6 is 0 Å². The van der Waals surface area contributed by atoms with Crippen LogP contribution in [0.25, 0.3) is 16.7 Å². The number of alkyl halides is 1. The molecule has 5 heterocycles. The molecule has 10 heteroatoms. The zero-order valence-electron chi connectivity index (χ0n) is 18.2. The lowest BCUT2D eigenvalue weighted by Crippen LogP contribution is -2.42. The lowest BCUT2D eigenvalue weighted by Gasteiger charge is -2.33. The van der Waals surface area contributed by atoms with Gasteiger partial charge >= 0.3 is 0 Å². The summed E-state index contributed by atoms with van der Waals surface area (Å²) in [5, 5.41) is 5.36. The zero-order chi connectivity index (χ0) is 21.9. The van der Waals surface area contributed by atoms with Crippen LogP contribution in [0.15, 0.2) is 30.7 Å². The lowest BCUT2D eigenvalue weighted by atomic mass is 9.94. The first-order valence-electron chi connectivity index (χ1n) is 11.1. The number of halogens is 1. The molecule has 2 aliphatic rings. The topological polar surface area (TPSA) is 81.4 Å². The van der Waals surface area contributed by atoms with Crippen LogP contribution in [0, 0.1) is 0 Å². The number of ether oxygens (including phenoxy) is 2. The largest absolute Gasteiger partial charge is 0.383 e. The molecule has 170 valence electrons. The second kappa shape index (κ2) is 9.43. The average Bonchev–Trinajstić information content (AvgIpc) is 3.27. The van der Waals surface area contributed by atoms with E-state index >= 15 is 4.39 Å². The maximum Gasteiger partial charge on any atom is 0.166 e. The fourth-order valence-electron chi connectivity index (χ4n) is 4.39. The van der Waals surface area contributed by atoms with Gasteiger partial charge in [-0.1, -0.05) is 0 Å². The number of fused-ring (bicyclic) bond motifs is 1. The summed E-state index contributed by atoms with van der Waals surface area (Å²) in [6.45, 7) is 5.54. The number of methoxy groups -OCH3 is 1. The summed E-state index contributed by atoms with van der Waals surface area (Å²) < 4.78 is 27.4. The molecule has 9 nitrogen and oxygen atoms in total. The predicted molar refractivity (Wildman–Crippen MR) is 118 cm³/mol. The van der Waals surface area contributed by atoms with Crippen LogP contribution in [-0.2, 0) is 9.47 Å². The van der Waals surface area contributed by atoms with E-state index in [-0.39, 0.29) is 5.92 Å². The molecule has 0 bridgehead atoms. The molecule has 2 aliphatic heterocycles. The van der Waals surface area contributed by atoms with Crippen LogP contribution in [0.2, 0.25) is 0 Å². The number of morpholine rings is 1. The van der Waals surface area contributed by atoms with Crippen LogP contribution in [0.5, 0.6) is 0 Å². The molecule has 0 saturated carbocycles. The minimum absolute atomic E-state index is 0.317. The fourth-order valence-corrected chi connectivity index (χ4v) is 4.39. The first-order valence-corrected chi connectivity index (χ1v) is 11.1. The number of pyridine rings is 1. The minimum atomic E-state index is -1.01. The van der Waals surface area contributed by atoms with E-state index in [0.717, 1.165) is 43.1 Å². The first kappa shape index (κ1) is 21.2. The van der Waals surface area contributed by atoms with Gasteiger partial charge in [-0.3, -0.25) is 4.90 Å². The SMILES string of the molecule is COCCN1CCC(c2ncc3cnn(-c4ccnc(N5CCOCC5)c4)c3n2)C(F)C1. The van der Waals surface area contributed by atoms with E-state index in [4.69, 9.17) is 14.5 Å². The van der Waals surface area contributed by atoms with Crippen molar-refractivity contribution in [3.05, 3.63) is 36.5 Å². The van der Waals surface area contributed by atoms with Gasteiger partial charge in [-0.15, -0.1) is 0 Å². The van der Waals surface area contributed by atoms with Crippen molar-refractivity contribution in [1.29, 1.82) is 0 Å². The van der Waals surface area contributed by atoms with E-state index in [1.165, 1.54) is 0 Å². The van der Waals surface area contributed by atoms with Crippen LogP contribution in [0.1, 0.15) is 18.2 Å². The van der Waals surface area contributed by atoms with Gasteiger partial charge in [-0.2, -0.15) is 5.10 Å². The number of rotatable bonds is 6. The quantitative estimate of drug-likeness (QED) is 0.573. The number of anilines is 1. The minimum Gasteiger partial charge on any atom is -0.383 e. The van der Waals surface area contributed by atoms with Gasteiger partial charge in [0.2, 0.25) is 0 Å². The molecule has 0 N–H and O–H groups in total. The van der Waals surface area contributed by atoms with Crippen molar-refractivity contribution < 1.29 is 13.9 Å². The highest BCUT2D eigenvalue weighted by Crippen LogP contribution is 2.29. The number of likely N-dealkylation sites (tertiary alicyclic amines) is 1. The smallest absolute Gasteiger partial charge is 0.166 e. The molecule has 3 aromatic heterocycles. The Labute approximate surface area is 186 Å². The summed E-state index contributed by atoms with van der Waals surface area (Å²) in [6.07, 6.45) is 4.94. The summed E-state index contributed by atoms with van der Waals surface area (Å²) in [4.78, 5) is 18.1. The van der Waals surface area contributed by atoms with E-state index in [1.54, 1.807) is 30.4 Å². The van der Waals surface area contributed by atoms with Gasteiger partial charge in [0.05, 0.1) is 43.0 Å². The van der Waals surface area contributed by atoms with Gasteiger partial charge in [-0.25, -0.2) is 24.0 Å². The highest BCUT2D eigenvalue weighted by Gasteiger charge is 2.32. The maximum atomic E-state index is 15.0. The number of hydrogen-bond acceptors (Lipinski definition) is 8. The molecule has 0 amide bonds. The Balaban J connectivity index is 1.40. The Hall–Kier alpha value is -2.69. The molecule has 0 aliphatic carbocycles. The van der Waals surface area contributed by atoms with Gasteiger partial charge < -0.3 is 14.4 Å². The van der Waals surface area contributed by atoms with E-state index in [1.807, 2.05) is 12.1 Å². The third-order valence-electron chi connectivity index (χ3n) is 6.21. The molecule has 0 spiro atoms. The van der Waals surface area contributed by atoms with E-state index < -0.39 is 6.17 Å². The van der Waals surface area contributed by atoms with Gasteiger partial charge in [0.15, 0.2) is 5.65 Å². The molecule has 2 saturated heterocycles. The van der Waals surface area contributed by atoms with Gasteiger partial charge in [-0.05, 0) is 19.0 Å². The number of hydrogen-bond donors (Lipinski definition) is 0. The highest BCUT2D eigenvalue weighted by molar-refractivity contribution is 5.75. The maximum absolute atomic E-state index is 15.0. The summed E-state index contributed by atoms with van der Waals surface area (Å²) in [5.41, 5.74) is 1.55. The van der Waals surface area contributed by atoms with Gasteiger partial charge in [0.25, 0.3) is 0 Å². The van der Waals surface area contributed by atoms with Crippen molar-refractivity contribution in [2.45, 2.75) is 18.5 Å². The number of piperidine rings is 1. The lowest BCUT2D eigenvalue weighted by molar-refractivity contribution is 0.0844. The van der Waals surface area contributed by atoms with Crippen molar-refractivity contribution in [2.75, 3.05) is 64.6 Å². The highest BCUT2D eigenvalue weighted by atomic mass is 19.1. The van der Waals surface area contributed by atoms with Crippen LogP contribution < -0.4 is 4.90 Å².